The van der Waals surface area contributed by atoms with Crippen molar-refractivity contribution in [2.75, 3.05) is 6.61 Å². The van der Waals surface area contributed by atoms with Crippen molar-refractivity contribution in [1.29, 1.82) is 0 Å². The molecule has 1 aliphatic rings. The Bertz CT molecular complexity index is 612. The largest absolute Gasteiger partial charge is 0.493 e. The summed E-state index contributed by atoms with van der Waals surface area (Å²) in [6.45, 7) is 1.62. The van der Waals surface area contributed by atoms with Gasteiger partial charge in [0.1, 0.15) is 11.8 Å². The summed E-state index contributed by atoms with van der Waals surface area (Å²) in [6.07, 6.45) is 1.75. The van der Waals surface area contributed by atoms with E-state index in [0.717, 1.165) is 12.8 Å². The van der Waals surface area contributed by atoms with Crippen LogP contribution in [0.2, 0.25) is 0 Å². The molecule has 0 bridgehead atoms. The van der Waals surface area contributed by atoms with Crippen LogP contribution in [0.3, 0.4) is 0 Å². The standard InChI is InChI=1S/C16H20N2O5/c1-10(16(21)22)18(12-5-6-12)14(19)7-8-23-13-4-2-3-11(9-13)15(17)20/h2-4,9-10,12H,5-8H2,1H3,(H2,17,20)(H,21,22). The lowest BCUT2D eigenvalue weighted by atomic mass is 10.2. The molecule has 2 amide bonds. The molecule has 0 aliphatic heterocycles. The van der Waals surface area contributed by atoms with Gasteiger partial charge in [0.25, 0.3) is 0 Å². The summed E-state index contributed by atoms with van der Waals surface area (Å²) in [6, 6.07) is 5.56. The van der Waals surface area contributed by atoms with Gasteiger partial charge in [0.2, 0.25) is 11.8 Å². The van der Waals surface area contributed by atoms with Crippen molar-refractivity contribution < 1.29 is 24.2 Å². The Morgan fingerprint density at radius 1 is 1.39 bits per heavy atom. The van der Waals surface area contributed by atoms with E-state index >= 15 is 0 Å². The van der Waals surface area contributed by atoms with Crippen molar-refractivity contribution in [3.63, 3.8) is 0 Å². The maximum Gasteiger partial charge on any atom is 0.326 e. The Labute approximate surface area is 134 Å². The van der Waals surface area contributed by atoms with Crippen molar-refractivity contribution >= 4 is 17.8 Å². The Balaban J connectivity index is 1.89. The minimum Gasteiger partial charge on any atom is -0.493 e. The molecule has 7 nitrogen and oxygen atoms in total. The minimum absolute atomic E-state index is 0.0202. The van der Waals surface area contributed by atoms with Gasteiger partial charge >= 0.3 is 5.97 Å². The average Bonchev–Trinajstić information content (AvgIpc) is 3.32. The Hall–Kier alpha value is -2.57. The molecule has 1 saturated carbocycles. The van der Waals surface area contributed by atoms with Crippen LogP contribution in [0.4, 0.5) is 0 Å². The fraction of sp³-hybridized carbons (Fsp3) is 0.438. The van der Waals surface area contributed by atoms with E-state index in [9.17, 15) is 14.4 Å². The molecule has 0 aromatic heterocycles. The highest BCUT2D eigenvalue weighted by molar-refractivity contribution is 5.93. The van der Waals surface area contributed by atoms with Gasteiger partial charge in [-0.1, -0.05) is 6.07 Å². The molecular formula is C16H20N2O5. The van der Waals surface area contributed by atoms with Gasteiger partial charge in [-0.25, -0.2) is 4.79 Å². The molecule has 1 aromatic carbocycles. The van der Waals surface area contributed by atoms with Crippen molar-refractivity contribution in [1.82, 2.24) is 4.90 Å². The summed E-state index contributed by atoms with van der Waals surface area (Å²) in [5.74, 6) is -1.37. The van der Waals surface area contributed by atoms with Gasteiger partial charge in [0.05, 0.1) is 13.0 Å². The number of hydrogen-bond acceptors (Lipinski definition) is 4. The maximum atomic E-state index is 12.2. The molecule has 1 aliphatic carbocycles. The van der Waals surface area contributed by atoms with E-state index in [4.69, 9.17) is 15.6 Å². The maximum absolute atomic E-state index is 12.2. The molecule has 1 unspecified atom stereocenters. The molecule has 2 rings (SSSR count). The average molecular weight is 320 g/mol. The van der Waals surface area contributed by atoms with E-state index in [1.54, 1.807) is 18.2 Å². The SMILES string of the molecule is CC(C(=O)O)N(C(=O)CCOc1cccc(C(N)=O)c1)C1CC1. The minimum atomic E-state index is -1.01. The molecule has 3 N–H and O–H groups in total. The molecule has 124 valence electrons. The molecule has 1 aromatic rings. The van der Waals surface area contributed by atoms with Crippen molar-refractivity contribution in [2.24, 2.45) is 5.73 Å². The predicted molar refractivity (Wildman–Crippen MR) is 82.0 cm³/mol. The van der Waals surface area contributed by atoms with Crippen LogP contribution < -0.4 is 10.5 Å². The van der Waals surface area contributed by atoms with Crippen LogP contribution in [0.25, 0.3) is 0 Å². The van der Waals surface area contributed by atoms with Gasteiger partial charge in [-0.15, -0.1) is 0 Å². The van der Waals surface area contributed by atoms with Gasteiger partial charge in [-0.3, -0.25) is 9.59 Å². The quantitative estimate of drug-likeness (QED) is 0.743. The predicted octanol–water partition coefficient (Wildman–Crippen LogP) is 1.02. The van der Waals surface area contributed by atoms with Crippen molar-refractivity contribution in [2.45, 2.75) is 38.3 Å². The van der Waals surface area contributed by atoms with Gasteiger partial charge in [0, 0.05) is 11.6 Å². The third-order valence-corrected chi connectivity index (χ3v) is 3.71. The van der Waals surface area contributed by atoms with Gasteiger partial charge in [0.15, 0.2) is 0 Å². The smallest absolute Gasteiger partial charge is 0.326 e. The number of aliphatic carboxylic acids is 1. The van der Waals surface area contributed by atoms with Gasteiger partial charge < -0.3 is 20.5 Å². The topological polar surface area (TPSA) is 110 Å². The highest BCUT2D eigenvalue weighted by Gasteiger charge is 2.37. The molecule has 0 radical (unpaired) electrons. The van der Waals surface area contributed by atoms with Crippen LogP contribution in [-0.2, 0) is 9.59 Å². The first-order valence-electron chi connectivity index (χ1n) is 7.46. The first kappa shape index (κ1) is 16.8. The number of carboxylic acids is 1. The first-order chi connectivity index (χ1) is 10.9. The second kappa shape index (κ2) is 7.13. The second-order valence-electron chi connectivity index (χ2n) is 5.54. The van der Waals surface area contributed by atoms with Crippen molar-refractivity contribution in [3.8, 4) is 5.75 Å². The Morgan fingerprint density at radius 2 is 2.09 bits per heavy atom. The normalized spacial score (nSPS) is 14.8. The third-order valence-electron chi connectivity index (χ3n) is 3.71. The number of carbonyl (C=O) groups excluding carboxylic acids is 2. The van der Waals surface area contributed by atoms with E-state index in [1.165, 1.54) is 17.9 Å². The number of amides is 2. The van der Waals surface area contributed by atoms with Crippen LogP contribution >= 0.6 is 0 Å². The lowest BCUT2D eigenvalue weighted by molar-refractivity contribution is -0.150. The summed E-state index contributed by atoms with van der Waals surface area (Å²) in [7, 11) is 0. The van der Waals surface area contributed by atoms with Crippen LogP contribution in [0.5, 0.6) is 5.75 Å². The summed E-state index contributed by atoms with van der Waals surface area (Å²) < 4.78 is 5.46. The van der Waals surface area contributed by atoms with E-state index in [0.29, 0.717) is 11.3 Å². The van der Waals surface area contributed by atoms with E-state index in [-0.39, 0.29) is 25.0 Å². The lowest BCUT2D eigenvalue weighted by Gasteiger charge is -2.26. The number of carbonyl (C=O) groups is 3. The monoisotopic (exact) mass is 320 g/mol. The highest BCUT2D eigenvalue weighted by atomic mass is 16.5. The number of benzene rings is 1. The zero-order chi connectivity index (χ0) is 17.0. The molecular weight excluding hydrogens is 300 g/mol. The van der Waals surface area contributed by atoms with Crippen molar-refractivity contribution in [3.05, 3.63) is 29.8 Å². The van der Waals surface area contributed by atoms with Gasteiger partial charge in [-0.05, 0) is 38.0 Å². The fourth-order valence-corrected chi connectivity index (χ4v) is 2.33. The number of ether oxygens (including phenoxy) is 1. The van der Waals surface area contributed by atoms with Crippen LogP contribution in [-0.4, -0.2) is 46.5 Å². The first-order valence-corrected chi connectivity index (χ1v) is 7.46. The summed E-state index contributed by atoms with van der Waals surface area (Å²) >= 11 is 0. The van der Waals surface area contributed by atoms with E-state index in [1.807, 2.05) is 0 Å². The number of rotatable bonds is 8. The number of hydrogen-bond donors (Lipinski definition) is 2. The molecule has 0 spiro atoms. The van der Waals surface area contributed by atoms with Crippen LogP contribution in [0.1, 0.15) is 36.5 Å². The van der Waals surface area contributed by atoms with E-state index in [2.05, 4.69) is 0 Å². The number of primary amides is 1. The lowest BCUT2D eigenvalue weighted by Crippen LogP contribution is -2.45. The summed E-state index contributed by atoms with van der Waals surface area (Å²) in [5, 5.41) is 9.10. The van der Waals surface area contributed by atoms with Crippen LogP contribution in [0.15, 0.2) is 24.3 Å². The molecule has 0 saturated heterocycles. The number of carboxylic acid groups (broad SMARTS) is 1. The Kier molecular flexibility index (Phi) is 5.20. The molecule has 1 fully saturated rings. The third kappa shape index (κ3) is 4.45. The number of nitrogens with two attached hydrogens (primary N) is 1. The molecule has 0 heterocycles. The fourth-order valence-electron chi connectivity index (χ4n) is 2.33. The molecule has 1 atom stereocenters. The zero-order valence-corrected chi connectivity index (χ0v) is 12.9. The molecule has 23 heavy (non-hydrogen) atoms. The summed E-state index contributed by atoms with van der Waals surface area (Å²) in [4.78, 5) is 35.9. The number of nitrogens with zero attached hydrogens (tertiary/aromatic N) is 1. The van der Waals surface area contributed by atoms with Crippen LogP contribution in [0, 0.1) is 0 Å². The molecule has 7 heteroatoms. The van der Waals surface area contributed by atoms with Gasteiger partial charge in [-0.2, -0.15) is 0 Å². The van der Waals surface area contributed by atoms with E-state index < -0.39 is 17.9 Å². The Morgan fingerprint density at radius 3 is 2.65 bits per heavy atom. The summed E-state index contributed by atoms with van der Waals surface area (Å²) in [5.41, 5.74) is 5.52. The second-order valence-corrected chi connectivity index (χ2v) is 5.54. The zero-order valence-electron chi connectivity index (χ0n) is 12.9. The highest BCUT2D eigenvalue weighted by Crippen LogP contribution is 2.29.